The topological polar surface area (TPSA) is 82.0 Å². The molecule has 5 nitrogen and oxygen atoms in total. The third-order valence-corrected chi connectivity index (χ3v) is 4.15. The van der Waals surface area contributed by atoms with Crippen LogP contribution >= 0.6 is 11.6 Å². The molecule has 138 valence electrons. The van der Waals surface area contributed by atoms with Crippen LogP contribution in [0, 0.1) is 17.1 Å². The number of benzene rings is 3. The van der Waals surface area contributed by atoms with E-state index in [1.807, 2.05) is 6.07 Å². The third-order valence-electron chi connectivity index (χ3n) is 3.86. The van der Waals surface area contributed by atoms with E-state index in [2.05, 4.69) is 10.6 Å². The zero-order valence-electron chi connectivity index (χ0n) is 14.4. The number of hydrogen-bond donors (Lipinski definition) is 2. The lowest BCUT2D eigenvalue weighted by Crippen LogP contribution is -2.14. The molecule has 0 fully saturated rings. The summed E-state index contributed by atoms with van der Waals surface area (Å²) in [5.41, 5.74) is 2.11. The second kappa shape index (κ2) is 8.33. The molecule has 0 unspecified atom stereocenters. The maximum absolute atomic E-state index is 13.2. The minimum Gasteiger partial charge on any atom is -0.322 e. The Hall–Kier alpha value is -3.69. The van der Waals surface area contributed by atoms with Crippen LogP contribution in [0.25, 0.3) is 0 Å². The molecule has 3 rings (SSSR count). The van der Waals surface area contributed by atoms with E-state index in [1.165, 1.54) is 36.4 Å². The Kier molecular flexibility index (Phi) is 5.68. The van der Waals surface area contributed by atoms with Crippen LogP contribution in [0.15, 0.2) is 66.7 Å². The lowest BCUT2D eigenvalue weighted by Gasteiger charge is -2.08. The molecule has 2 amide bonds. The van der Waals surface area contributed by atoms with Gasteiger partial charge in [0.1, 0.15) is 5.82 Å². The minimum atomic E-state index is -0.572. The molecule has 2 N–H and O–H groups in total. The van der Waals surface area contributed by atoms with Crippen LogP contribution in [-0.4, -0.2) is 11.8 Å². The molecule has 3 aromatic carbocycles. The molecule has 0 radical (unpaired) electrons. The summed E-state index contributed by atoms with van der Waals surface area (Å²) in [6, 6.07) is 18.4. The number of anilines is 2. The summed E-state index contributed by atoms with van der Waals surface area (Å²) in [7, 11) is 0. The van der Waals surface area contributed by atoms with E-state index in [0.717, 1.165) is 6.07 Å². The molecule has 0 spiro atoms. The number of carbonyl (C=O) groups excluding carboxylic acids is 2. The lowest BCUT2D eigenvalue weighted by molar-refractivity contribution is 0.101. The Morgan fingerprint density at radius 1 is 0.821 bits per heavy atom. The summed E-state index contributed by atoms with van der Waals surface area (Å²) < 4.78 is 13.2. The highest BCUT2D eigenvalue weighted by Gasteiger charge is 2.11. The molecule has 0 aliphatic rings. The molecule has 0 aliphatic heterocycles. The van der Waals surface area contributed by atoms with Crippen LogP contribution < -0.4 is 10.6 Å². The molecule has 0 aliphatic carbocycles. The molecule has 0 bridgehead atoms. The van der Waals surface area contributed by atoms with Crippen molar-refractivity contribution in [2.75, 3.05) is 10.6 Å². The van der Waals surface area contributed by atoms with Crippen molar-refractivity contribution in [2.45, 2.75) is 0 Å². The van der Waals surface area contributed by atoms with Crippen LogP contribution in [0.4, 0.5) is 15.8 Å². The van der Waals surface area contributed by atoms with Gasteiger partial charge >= 0.3 is 0 Å². The van der Waals surface area contributed by atoms with Gasteiger partial charge in [-0.15, -0.1) is 0 Å². The predicted octanol–water partition coefficient (Wildman–Crippen LogP) is 4.86. The van der Waals surface area contributed by atoms with Crippen LogP contribution in [0.3, 0.4) is 0 Å². The molecule has 28 heavy (non-hydrogen) atoms. The van der Waals surface area contributed by atoms with Crippen molar-refractivity contribution < 1.29 is 14.0 Å². The van der Waals surface area contributed by atoms with E-state index >= 15 is 0 Å². The first-order chi connectivity index (χ1) is 13.5. The summed E-state index contributed by atoms with van der Waals surface area (Å²) in [5, 5.41) is 14.0. The lowest BCUT2D eigenvalue weighted by atomic mass is 10.1. The average Bonchev–Trinajstić information content (AvgIpc) is 2.71. The highest BCUT2D eigenvalue weighted by Crippen LogP contribution is 2.20. The highest BCUT2D eigenvalue weighted by atomic mass is 35.5. The van der Waals surface area contributed by atoms with Crippen molar-refractivity contribution in [1.82, 2.24) is 0 Å². The van der Waals surface area contributed by atoms with Gasteiger partial charge in [-0.2, -0.15) is 5.26 Å². The first-order valence-electron chi connectivity index (χ1n) is 8.14. The van der Waals surface area contributed by atoms with Crippen molar-refractivity contribution in [2.24, 2.45) is 0 Å². The Labute approximate surface area is 165 Å². The van der Waals surface area contributed by atoms with E-state index in [-0.39, 0.29) is 10.9 Å². The monoisotopic (exact) mass is 393 g/mol. The van der Waals surface area contributed by atoms with E-state index in [1.54, 1.807) is 24.3 Å². The largest absolute Gasteiger partial charge is 0.322 e. The SMILES string of the molecule is N#Cc1ccc(NC(=O)c2ccc(C(=O)Nc3ccc(F)c(Cl)c3)cc2)cc1. The zero-order valence-corrected chi connectivity index (χ0v) is 15.1. The number of nitrogens with one attached hydrogen (secondary N) is 2. The Morgan fingerprint density at radius 2 is 1.32 bits per heavy atom. The van der Waals surface area contributed by atoms with Gasteiger partial charge in [-0.25, -0.2) is 4.39 Å². The van der Waals surface area contributed by atoms with Gasteiger partial charge in [-0.05, 0) is 66.7 Å². The van der Waals surface area contributed by atoms with Crippen molar-refractivity contribution in [3.63, 3.8) is 0 Å². The molecule has 0 atom stereocenters. The van der Waals surface area contributed by atoms with Gasteiger partial charge in [-0.1, -0.05) is 11.6 Å². The molecule has 0 saturated carbocycles. The quantitative estimate of drug-likeness (QED) is 0.664. The Balaban J connectivity index is 1.66. The number of amides is 2. The number of halogens is 2. The Morgan fingerprint density at radius 3 is 1.82 bits per heavy atom. The number of rotatable bonds is 4. The fraction of sp³-hybridized carbons (Fsp3) is 0. The Bertz CT molecular complexity index is 1070. The maximum Gasteiger partial charge on any atom is 0.255 e. The highest BCUT2D eigenvalue weighted by molar-refractivity contribution is 6.31. The molecule has 3 aromatic rings. The number of nitrogens with zero attached hydrogens (tertiary/aromatic N) is 1. The first-order valence-corrected chi connectivity index (χ1v) is 8.52. The third kappa shape index (κ3) is 4.53. The molecule has 0 heterocycles. The standard InChI is InChI=1S/C21H13ClFN3O2/c22-18-11-17(9-10-19(18)23)26-21(28)15-5-3-14(4-6-15)20(27)25-16-7-1-13(12-24)2-8-16/h1-11H,(H,25,27)(H,26,28). The smallest absolute Gasteiger partial charge is 0.255 e. The number of carbonyl (C=O) groups is 2. The van der Waals surface area contributed by atoms with Crippen molar-refractivity contribution in [3.8, 4) is 6.07 Å². The molecular formula is C21H13ClFN3O2. The summed E-state index contributed by atoms with van der Waals surface area (Å²) in [6.45, 7) is 0. The van der Waals surface area contributed by atoms with E-state index < -0.39 is 11.7 Å². The van der Waals surface area contributed by atoms with Gasteiger partial charge in [0.05, 0.1) is 16.7 Å². The van der Waals surface area contributed by atoms with Crippen molar-refractivity contribution in [1.29, 1.82) is 5.26 Å². The van der Waals surface area contributed by atoms with Gasteiger partial charge in [0.2, 0.25) is 0 Å². The molecular weight excluding hydrogens is 381 g/mol. The van der Waals surface area contributed by atoms with Gasteiger partial charge in [0, 0.05) is 22.5 Å². The average molecular weight is 394 g/mol. The fourth-order valence-corrected chi connectivity index (χ4v) is 2.56. The second-order valence-corrected chi connectivity index (χ2v) is 6.21. The second-order valence-electron chi connectivity index (χ2n) is 5.80. The summed E-state index contributed by atoms with van der Waals surface area (Å²) in [4.78, 5) is 24.6. The number of nitriles is 1. The van der Waals surface area contributed by atoms with Gasteiger partial charge in [-0.3, -0.25) is 9.59 Å². The fourth-order valence-electron chi connectivity index (χ4n) is 2.38. The van der Waals surface area contributed by atoms with Crippen molar-refractivity contribution >= 4 is 34.8 Å². The van der Waals surface area contributed by atoms with Crippen molar-refractivity contribution in [3.05, 3.63) is 94.3 Å². The van der Waals surface area contributed by atoms with E-state index in [0.29, 0.717) is 28.1 Å². The normalized spacial score (nSPS) is 10.0. The van der Waals surface area contributed by atoms with E-state index in [4.69, 9.17) is 16.9 Å². The molecule has 0 saturated heterocycles. The minimum absolute atomic E-state index is 0.0902. The summed E-state index contributed by atoms with van der Waals surface area (Å²) >= 11 is 5.70. The first kappa shape index (κ1) is 19.1. The molecule has 0 aromatic heterocycles. The van der Waals surface area contributed by atoms with Gasteiger partial charge in [0.15, 0.2) is 0 Å². The van der Waals surface area contributed by atoms with E-state index in [9.17, 15) is 14.0 Å². The van der Waals surface area contributed by atoms with Gasteiger partial charge < -0.3 is 10.6 Å². The summed E-state index contributed by atoms with van der Waals surface area (Å²) in [5.74, 6) is -1.33. The summed E-state index contributed by atoms with van der Waals surface area (Å²) in [6.07, 6.45) is 0. The zero-order chi connectivity index (χ0) is 20.1. The maximum atomic E-state index is 13.2. The van der Waals surface area contributed by atoms with Crippen LogP contribution in [0.1, 0.15) is 26.3 Å². The molecule has 7 heteroatoms. The predicted molar refractivity (Wildman–Crippen MR) is 105 cm³/mol. The van der Waals surface area contributed by atoms with Crippen LogP contribution in [0.2, 0.25) is 5.02 Å². The van der Waals surface area contributed by atoms with Crippen LogP contribution in [-0.2, 0) is 0 Å². The number of hydrogen-bond acceptors (Lipinski definition) is 3. The van der Waals surface area contributed by atoms with Crippen LogP contribution in [0.5, 0.6) is 0 Å². The van der Waals surface area contributed by atoms with Gasteiger partial charge in [0.25, 0.3) is 11.8 Å².